The van der Waals surface area contributed by atoms with Crippen LogP contribution in [0.1, 0.15) is 47.1 Å². The molecule has 0 aliphatic carbocycles. The van der Waals surface area contributed by atoms with Crippen LogP contribution in [0, 0.1) is 11.5 Å². The van der Waals surface area contributed by atoms with Gasteiger partial charge in [0.15, 0.2) is 5.65 Å². The second kappa shape index (κ2) is 11.3. The molecule has 0 saturated heterocycles. The number of hydrogen-bond acceptors (Lipinski definition) is 6. The third-order valence-corrected chi connectivity index (χ3v) is 13.8. The molecule has 8 heteroatoms. The number of anilines is 3. The van der Waals surface area contributed by atoms with Crippen molar-refractivity contribution in [1.29, 1.82) is 0 Å². The Morgan fingerprint density at radius 2 is 1.62 bits per heavy atom. The van der Waals surface area contributed by atoms with E-state index in [0.717, 1.165) is 5.69 Å². The average molecular weight is 540 g/mol. The summed E-state index contributed by atoms with van der Waals surface area (Å²) in [6, 6.07) is 16.3. The molecular formula is C31H37N5O2Si. The highest BCUT2D eigenvalue weighted by Gasteiger charge is 2.41. The van der Waals surface area contributed by atoms with E-state index in [2.05, 4.69) is 63.3 Å². The Morgan fingerprint density at radius 3 is 2.23 bits per heavy atom. The minimum Gasteiger partial charge on any atom is -0.495 e. The number of nitrogens with zero attached hydrogens (tertiary/aromatic N) is 3. The molecule has 2 heterocycles. The van der Waals surface area contributed by atoms with Gasteiger partial charge in [0.05, 0.1) is 23.9 Å². The lowest BCUT2D eigenvalue weighted by Gasteiger charge is -2.38. The predicted molar refractivity (Wildman–Crippen MR) is 164 cm³/mol. The Kier molecular flexibility index (Phi) is 8.12. The molecule has 0 bridgehead atoms. The summed E-state index contributed by atoms with van der Waals surface area (Å²) in [6.07, 6.45) is 1.74. The topological polar surface area (TPSA) is 95.1 Å². The molecule has 0 aliphatic rings. The van der Waals surface area contributed by atoms with E-state index in [1.54, 1.807) is 36.1 Å². The predicted octanol–water partition coefficient (Wildman–Crippen LogP) is 6.68. The zero-order valence-electron chi connectivity index (χ0n) is 23.7. The van der Waals surface area contributed by atoms with Crippen molar-refractivity contribution in [2.75, 3.05) is 18.2 Å². The van der Waals surface area contributed by atoms with Crippen molar-refractivity contribution in [2.24, 2.45) is 0 Å². The van der Waals surface area contributed by atoms with E-state index in [4.69, 9.17) is 15.5 Å². The van der Waals surface area contributed by atoms with Crippen LogP contribution in [0.5, 0.6) is 5.75 Å². The Morgan fingerprint density at radius 1 is 0.974 bits per heavy atom. The number of aromatic nitrogens is 3. The number of para-hydroxylation sites is 2. The summed E-state index contributed by atoms with van der Waals surface area (Å²) < 4.78 is 7.05. The highest BCUT2D eigenvalue weighted by molar-refractivity contribution is 6.90. The van der Waals surface area contributed by atoms with Crippen LogP contribution in [-0.4, -0.2) is 29.7 Å². The smallest absolute Gasteiger partial charge is 0.258 e. The van der Waals surface area contributed by atoms with Gasteiger partial charge in [-0.3, -0.25) is 9.36 Å². The van der Waals surface area contributed by atoms with E-state index < -0.39 is 8.07 Å². The summed E-state index contributed by atoms with van der Waals surface area (Å²) in [5.74, 6) is 4.45. The van der Waals surface area contributed by atoms with Gasteiger partial charge in [-0.2, -0.15) is 4.98 Å². The summed E-state index contributed by atoms with van der Waals surface area (Å²) in [4.78, 5) is 23.0. The van der Waals surface area contributed by atoms with Gasteiger partial charge in [-0.1, -0.05) is 59.6 Å². The summed E-state index contributed by atoms with van der Waals surface area (Å²) in [7, 11) is -0.411. The van der Waals surface area contributed by atoms with E-state index >= 15 is 0 Å². The first-order valence-electron chi connectivity index (χ1n) is 13.3. The lowest BCUT2D eigenvalue weighted by atomic mass is 10.2. The number of nitrogens with two attached hydrogens (primary N) is 1. The van der Waals surface area contributed by atoms with Crippen LogP contribution in [0.25, 0.3) is 16.7 Å². The molecule has 0 saturated carbocycles. The molecule has 7 nitrogen and oxygen atoms in total. The van der Waals surface area contributed by atoms with E-state index in [9.17, 15) is 4.79 Å². The number of benzene rings is 2. The van der Waals surface area contributed by atoms with Gasteiger partial charge in [0, 0.05) is 23.5 Å². The normalized spacial score (nSPS) is 11.6. The lowest BCUT2D eigenvalue weighted by molar-refractivity contribution is 0.417. The highest BCUT2D eigenvalue weighted by Crippen LogP contribution is 2.41. The van der Waals surface area contributed by atoms with Gasteiger partial charge in [-0.05, 0) is 53.0 Å². The number of methoxy groups -OCH3 is 1. The van der Waals surface area contributed by atoms with Crippen molar-refractivity contribution in [2.45, 2.75) is 58.2 Å². The summed E-state index contributed by atoms with van der Waals surface area (Å²) in [5, 5.41) is 3.94. The third-order valence-electron chi connectivity index (χ3n) is 7.54. The summed E-state index contributed by atoms with van der Waals surface area (Å²) in [6.45, 7) is 13.6. The van der Waals surface area contributed by atoms with Crippen LogP contribution in [0.15, 0.2) is 65.6 Å². The SMILES string of the molecule is COc1ccccc1Nc1ncc2c(C#C[Si](C(C)C)(C(C)C)C(C)C)cc(=O)n(-c3ccc(N)cc3)c2n1. The monoisotopic (exact) mass is 539 g/mol. The van der Waals surface area contributed by atoms with Crippen LogP contribution >= 0.6 is 0 Å². The number of ether oxygens (including phenoxy) is 1. The maximum atomic E-state index is 13.6. The summed E-state index contributed by atoms with van der Waals surface area (Å²) >= 11 is 0. The third kappa shape index (κ3) is 5.41. The van der Waals surface area contributed by atoms with Gasteiger partial charge in [-0.15, -0.1) is 5.54 Å². The zero-order valence-corrected chi connectivity index (χ0v) is 24.7. The number of fused-ring (bicyclic) bond motifs is 1. The summed E-state index contributed by atoms with van der Waals surface area (Å²) in [5.41, 5.74) is 14.0. The van der Waals surface area contributed by atoms with Crippen molar-refractivity contribution >= 4 is 36.4 Å². The molecule has 4 aromatic rings. The molecular weight excluding hydrogens is 502 g/mol. The van der Waals surface area contributed by atoms with Crippen LogP contribution in [0.4, 0.5) is 17.3 Å². The fourth-order valence-corrected chi connectivity index (χ4v) is 10.8. The Bertz CT molecular complexity index is 1580. The molecule has 0 fully saturated rings. The number of rotatable bonds is 7. The van der Waals surface area contributed by atoms with Gasteiger partial charge in [0.25, 0.3) is 5.56 Å². The first kappa shape index (κ1) is 27.9. The van der Waals surface area contributed by atoms with Crippen molar-refractivity contribution in [3.63, 3.8) is 0 Å². The van der Waals surface area contributed by atoms with E-state index in [-0.39, 0.29) is 5.56 Å². The number of nitrogens with one attached hydrogen (secondary N) is 1. The van der Waals surface area contributed by atoms with Gasteiger partial charge < -0.3 is 15.8 Å². The average Bonchev–Trinajstić information content (AvgIpc) is 2.89. The van der Waals surface area contributed by atoms with Crippen molar-refractivity contribution in [3.05, 3.63) is 76.7 Å². The molecule has 202 valence electrons. The molecule has 0 atom stereocenters. The van der Waals surface area contributed by atoms with Crippen LogP contribution < -0.4 is 21.3 Å². The molecule has 0 unspecified atom stereocenters. The first-order valence-corrected chi connectivity index (χ1v) is 15.5. The molecule has 0 aliphatic heterocycles. The molecule has 2 aromatic heterocycles. The second-order valence-corrected chi connectivity index (χ2v) is 16.3. The molecule has 39 heavy (non-hydrogen) atoms. The molecule has 4 rings (SSSR count). The largest absolute Gasteiger partial charge is 0.495 e. The lowest BCUT2D eigenvalue weighted by Crippen LogP contribution is -2.43. The molecule has 0 spiro atoms. The van der Waals surface area contributed by atoms with Gasteiger partial charge in [0.2, 0.25) is 5.95 Å². The van der Waals surface area contributed by atoms with Gasteiger partial charge >= 0.3 is 0 Å². The van der Waals surface area contributed by atoms with Crippen molar-refractivity contribution in [3.8, 4) is 22.9 Å². The number of pyridine rings is 1. The van der Waals surface area contributed by atoms with Crippen LogP contribution in [0.2, 0.25) is 16.6 Å². The Balaban J connectivity index is 1.96. The maximum Gasteiger partial charge on any atom is 0.258 e. The first-order chi connectivity index (χ1) is 18.6. The van der Waals surface area contributed by atoms with Crippen molar-refractivity contribution < 1.29 is 4.74 Å². The molecule has 0 amide bonds. The molecule has 2 aromatic carbocycles. The van der Waals surface area contributed by atoms with E-state index in [0.29, 0.717) is 56.3 Å². The second-order valence-electron chi connectivity index (χ2n) is 10.7. The van der Waals surface area contributed by atoms with Crippen LogP contribution in [-0.2, 0) is 0 Å². The quantitative estimate of drug-likeness (QED) is 0.154. The van der Waals surface area contributed by atoms with Crippen LogP contribution in [0.3, 0.4) is 0 Å². The minimum atomic E-state index is -2.02. The van der Waals surface area contributed by atoms with E-state index in [1.807, 2.05) is 36.4 Å². The van der Waals surface area contributed by atoms with E-state index in [1.165, 1.54) is 0 Å². The minimum absolute atomic E-state index is 0.218. The fourth-order valence-electron chi connectivity index (χ4n) is 5.62. The standard InChI is InChI=1S/C31H37N5O2Si/c1-20(2)39(21(3)4,22(5)6)17-16-23-18-29(37)36(25-14-12-24(32)13-15-25)30-26(23)19-33-31(35-30)34-27-10-8-9-11-28(27)38-7/h8-15,18-22H,32H2,1-7H3,(H,33,34,35). The van der Waals surface area contributed by atoms with Gasteiger partial charge in [-0.25, -0.2) is 4.98 Å². The highest BCUT2D eigenvalue weighted by atomic mass is 28.3. The Labute approximate surface area is 231 Å². The number of nitrogen functional groups attached to an aromatic ring is 1. The fraction of sp³-hybridized carbons (Fsp3) is 0.323. The van der Waals surface area contributed by atoms with Gasteiger partial charge in [0.1, 0.15) is 13.8 Å². The maximum absolute atomic E-state index is 13.6. The zero-order chi connectivity index (χ0) is 28.3. The number of hydrogen-bond donors (Lipinski definition) is 2. The van der Waals surface area contributed by atoms with Crippen molar-refractivity contribution in [1.82, 2.24) is 14.5 Å². The Hall–Kier alpha value is -4.09. The molecule has 0 radical (unpaired) electrons. The molecule has 3 N–H and O–H groups in total.